The van der Waals surface area contributed by atoms with Gasteiger partial charge in [0.1, 0.15) is 25.0 Å². The van der Waals surface area contributed by atoms with Crippen molar-refractivity contribution in [3.8, 4) is 5.75 Å². The Balaban J connectivity index is 0.00000361. The molecule has 0 radical (unpaired) electrons. The average molecular weight is 393 g/mol. The van der Waals surface area contributed by atoms with E-state index in [9.17, 15) is 5.11 Å². The zero-order chi connectivity index (χ0) is 14.6. The fourth-order valence-corrected chi connectivity index (χ4v) is 2.01. The van der Waals surface area contributed by atoms with Crippen LogP contribution in [0.25, 0.3) is 0 Å². The number of hydrogen-bond acceptors (Lipinski definition) is 2. The summed E-state index contributed by atoms with van der Waals surface area (Å²) in [6.07, 6.45) is -0.448. The molecule has 0 fully saturated rings. The van der Waals surface area contributed by atoms with E-state index in [2.05, 4.69) is 27.9 Å². The van der Waals surface area contributed by atoms with E-state index in [-0.39, 0.29) is 24.0 Å². The first-order valence-electron chi connectivity index (χ1n) is 6.94. The molecule has 0 aliphatic carbocycles. The summed E-state index contributed by atoms with van der Waals surface area (Å²) in [7, 11) is 4.26. The molecule has 1 N–H and O–H groups in total. The van der Waals surface area contributed by atoms with Crippen molar-refractivity contribution >= 4 is 0 Å². The van der Waals surface area contributed by atoms with Gasteiger partial charge in [0, 0.05) is 0 Å². The molecule has 0 amide bonds. The Morgan fingerprint density at radius 3 is 2.10 bits per heavy atom. The van der Waals surface area contributed by atoms with Gasteiger partial charge in [-0.25, -0.2) is 0 Å². The van der Waals surface area contributed by atoms with Gasteiger partial charge in [-0.15, -0.1) is 0 Å². The van der Waals surface area contributed by atoms with Crippen LogP contribution < -0.4 is 28.7 Å². The molecule has 0 bridgehead atoms. The van der Waals surface area contributed by atoms with Crippen LogP contribution in [0.2, 0.25) is 0 Å². The first kappa shape index (κ1) is 19.7. The second-order valence-electron chi connectivity index (χ2n) is 6.24. The smallest absolute Gasteiger partial charge is 0.137 e. The van der Waals surface area contributed by atoms with Gasteiger partial charge in [0.2, 0.25) is 0 Å². The number of benzene rings is 1. The molecule has 1 unspecified atom stereocenters. The number of hydrogen-bond donors (Lipinski definition) is 1. The van der Waals surface area contributed by atoms with Gasteiger partial charge in [-0.05, 0) is 38.8 Å². The molecule has 20 heavy (non-hydrogen) atoms. The van der Waals surface area contributed by atoms with Gasteiger partial charge < -0.3 is 38.3 Å². The maximum Gasteiger partial charge on any atom is 0.137 e. The number of para-hydroxylation sites is 1. The van der Waals surface area contributed by atoms with Gasteiger partial charge in [-0.3, -0.25) is 0 Å². The van der Waals surface area contributed by atoms with Gasteiger partial charge in [-0.2, -0.15) is 0 Å². The third-order valence-corrected chi connectivity index (χ3v) is 3.91. The lowest BCUT2D eigenvalue weighted by Crippen LogP contribution is -3.00. The summed E-state index contributed by atoms with van der Waals surface area (Å²) in [5.41, 5.74) is 2.23. The monoisotopic (exact) mass is 393 g/mol. The third kappa shape index (κ3) is 5.58. The highest BCUT2D eigenvalue weighted by Crippen LogP contribution is 2.22. The number of nitrogens with zero attached hydrogens (tertiary/aromatic N) is 1. The van der Waals surface area contributed by atoms with Crippen LogP contribution in [-0.2, 0) is 0 Å². The lowest BCUT2D eigenvalue weighted by atomic mass is 10.1. The van der Waals surface area contributed by atoms with Crippen LogP contribution in [0.15, 0.2) is 18.2 Å². The highest BCUT2D eigenvalue weighted by molar-refractivity contribution is 5.39. The van der Waals surface area contributed by atoms with Crippen molar-refractivity contribution < 1.29 is 38.3 Å². The number of rotatable bonds is 6. The lowest BCUT2D eigenvalue weighted by molar-refractivity contribution is -0.914. The number of ether oxygens (including phenoxy) is 1. The van der Waals surface area contributed by atoms with Crippen LogP contribution >= 0.6 is 0 Å². The maximum atomic E-state index is 10.1. The van der Waals surface area contributed by atoms with Crippen molar-refractivity contribution in [1.82, 2.24) is 0 Å². The van der Waals surface area contributed by atoms with E-state index in [1.54, 1.807) is 0 Å². The van der Waals surface area contributed by atoms with Gasteiger partial charge in [0.15, 0.2) is 0 Å². The Labute approximate surface area is 140 Å². The van der Waals surface area contributed by atoms with E-state index in [0.29, 0.717) is 19.2 Å². The number of aryl methyl sites for hydroxylation is 2. The Bertz CT molecular complexity index is 399. The zero-order valence-electron chi connectivity index (χ0n) is 13.5. The van der Waals surface area contributed by atoms with Gasteiger partial charge in [0.25, 0.3) is 0 Å². The fraction of sp³-hybridized carbons (Fsp3) is 0.625. The summed E-state index contributed by atoms with van der Waals surface area (Å²) in [6.45, 7) is 9.44. The normalized spacial score (nSPS) is 13.0. The molecule has 1 rings (SSSR count). The predicted octanol–water partition coefficient (Wildman–Crippen LogP) is -0.468. The van der Waals surface area contributed by atoms with E-state index >= 15 is 0 Å². The topological polar surface area (TPSA) is 29.5 Å². The second kappa shape index (κ2) is 8.20. The molecule has 1 aromatic rings. The highest BCUT2D eigenvalue weighted by atomic mass is 127. The van der Waals surface area contributed by atoms with Gasteiger partial charge in [0.05, 0.1) is 20.1 Å². The van der Waals surface area contributed by atoms with Crippen molar-refractivity contribution in [3.63, 3.8) is 0 Å². The number of aliphatic hydroxyl groups excluding tert-OH is 1. The van der Waals surface area contributed by atoms with E-state index in [1.165, 1.54) is 0 Å². The summed E-state index contributed by atoms with van der Waals surface area (Å²) >= 11 is 0. The fourth-order valence-electron chi connectivity index (χ4n) is 2.01. The van der Waals surface area contributed by atoms with Crippen LogP contribution in [0.4, 0.5) is 0 Å². The van der Waals surface area contributed by atoms with Crippen molar-refractivity contribution in [2.45, 2.75) is 39.8 Å². The van der Waals surface area contributed by atoms with E-state index < -0.39 is 6.10 Å². The molecule has 0 aromatic heterocycles. The molecule has 0 spiro atoms. The molecular formula is C16H28INO2. The molecule has 3 nitrogen and oxygen atoms in total. The lowest BCUT2D eigenvalue weighted by Gasteiger charge is -2.35. The number of likely N-dealkylation sites (N-methyl/N-ethyl adjacent to an activating group) is 1. The van der Waals surface area contributed by atoms with Crippen molar-refractivity contribution in [2.24, 2.45) is 0 Å². The number of halogens is 1. The Morgan fingerprint density at radius 2 is 1.65 bits per heavy atom. The first-order chi connectivity index (χ1) is 8.74. The van der Waals surface area contributed by atoms with Crippen molar-refractivity contribution in [1.29, 1.82) is 0 Å². The van der Waals surface area contributed by atoms with E-state index in [1.807, 2.05) is 32.0 Å². The molecule has 0 aliphatic rings. The Hall–Kier alpha value is -0.330. The summed E-state index contributed by atoms with van der Waals surface area (Å²) < 4.78 is 6.58. The Morgan fingerprint density at radius 1 is 1.15 bits per heavy atom. The number of quaternary nitrogens is 1. The molecule has 0 heterocycles. The summed E-state index contributed by atoms with van der Waals surface area (Å²) in [6, 6.07) is 6.56. The molecular weight excluding hydrogens is 365 g/mol. The van der Waals surface area contributed by atoms with Gasteiger partial charge >= 0.3 is 0 Å². The third-order valence-electron chi connectivity index (χ3n) is 3.91. The molecule has 4 heteroatoms. The van der Waals surface area contributed by atoms with Crippen LogP contribution in [0.3, 0.4) is 0 Å². The predicted molar refractivity (Wildman–Crippen MR) is 79.5 cm³/mol. The zero-order valence-corrected chi connectivity index (χ0v) is 15.6. The second-order valence-corrected chi connectivity index (χ2v) is 6.24. The minimum absolute atomic E-state index is 0. The highest BCUT2D eigenvalue weighted by Gasteiger charge is 2.24. The number of aliphatic hydroxyl groups is 1. The first-order valence-corrected chi connectivity index (χ1v) is 6.94. The summed E-state index contributed by atoms with van der Waals surface area (Å²) in [5.74, 6) is 0.899. The van der Waals surface area contributed by atoms with Crippen molar-refractivity contribution in [2.75, 3.05) is 27.2 Å². The Kier molecular flexibility index (Phi) is 8.06. The average Bonchev–Trinajstić information content (AvgIpc) is 2.27. The molecule has 0 saturated heterocycles. The maximum absolute atomic E-state index is 10.1. The minimum atomic E-state index is -0.448. The standard InChI is InChI=1S/C16H28NO2.HI/c1-12(2)17(5,6)10-15(18)11-19-16-13(3)8-7-9-14(16)4;/h7-9,12,15,18H,10-11H2,1-6H3;1H/q+1;/p-1. The summed E-state index contributed by atoms with van der Waals surface area (Å²) in [4.78, 5) is 0. The van der Waals surface area contributed by atoms with Crippen LogP contribution in [0.5, 0.6) is 5.75 Å². The van der Waals surface area contributed by atoms with E-state index in [4.69, 9.17) is 4.74 Å². The molecule has 116 valence electrons. The van der Waals surface area contributed by atoms with Crippen LogP contribution in [-0.4, -0.2) is 49.0 Å². The quantitative estimate of drug-likeness (QED) is 0.524. The van der Waals surface area contributed by atoms with Crippen LogP contribution in [0.1, 0.15) is 25.0 Å². The minimum Gasteiger partial charge on any atom is -1.00 e. The molecule has 1 aromatic carbocycles. The van der Waals surface area contributed by atoms with Crippen LogP contribution in [0, 0.1) is 13.8 Å². The van der Waals surface area contributed by atoms with Crippen molar-refractivity contribution in [3.05, 3.63) is 29.3 Å². The van der Waals surface area contributed by atoms with Gasteiger partial charge in [-0.1, -0.05) is 18.2 Å². The largest absolute Gasteiger partial charge is 1.00 e. The SMILES string of the molecule is Cc1cccc(C)c1OCC(O)C[N+](C)(C)C(C)C.[I-]. The molecule has 1 atom stereocenters. The van der Waals surface area contributed by atoms with E-state index in [0.717, 1.165) is 21.4 Å². The molecule has 0 aliphatic heterocycles. The molecule has 0 saturated carbocycles. The summed E-state index contributed by atoms with van der Waals surface area (Å²) in [5, 5.41) is 10.1.